The van der Waals surface area contributed by atoms with Crippen LogP contribution in [-0.2, 0) is 27.0 Å². The number of ether oxygens (including phenoxy) is 2. The van der Waals surface area contributed by atoms with Gasteiger partial charge in [0.1, 0.15) is 12.4 Å². The summed E-state index contributed by atoms with van der Waals surface area (Å²) in [7, 11) is 1.38. The third-order valence-electron chi connectivity index (χ3n) is 8.50. The number of aliphatic hydroxyl groups excluding tert-OH is 1. The van der Waals surface area contributed by atoms with Gasteiger partial charge in [0.25, 0.3) is 0 Å². The molecule has 0 spiro atoms. The van der Waals surface area contributed by atoms with Crippen molar-refractivity contribution in [2.75, 3.05) is 50.2 Å². The van der Waals surface area contributed by atoms with E-state index < -0.39 is 29.7 Å². The maximum atomic E-state index is 15.7. The van der Waals surface area contributed by atoms with Gasteiger partial charge >= 0.3 is 12.1 Å². The first-order valence-electron chi connectivity index (χ1n) is 14.4. The molecule has 0 amide bonds. The average molecular weight is 596 g/mol. The van der Waals surface area contributed by atoms with E-state index in [9.17, 15) is 23.1 Å². The van der Waals surface area contributed by atoms with Gasteiger partial charge < -0.3 is 24.8 Å². The second-order valence-corrected chi connectivity index (χ2v) is 11.3. The van der Waals surface area contributed by atoms with E-state index >= 15 is 4.39 Å². The molecule has 3 heterocycles. The van der Waals surface area contributed by atoms with Gasteiger partial charge in [-0.3, -0.25) is 9.69 Å². The van der Waals surface area contributed by atoms with Crippen molar-refractivity contribution in [2.45, 2.75) is 63.0 Å². The van der Waals surface area contributed by atoms with Gasteiger partial charge in [-0.2, -0.15) is 17.6 Å². The molecule has 230 valence electrons. The van der Waals surface area contributed by atoms with Crippen LogP contribution < -0.4 is 10.2 Å². The standard InChI is InChI=1S/C29H37F4N5O4/c1-41-28(40)25(19-9-12-42-13-10-19)37-11-8-20(23(39)16-37)14-34-26-24(30)27(36-17-35-26)38(22-6-7-22)15-18-2-4-21(5-3-18)29(31,32)33/h2-5,17,19-20,22-23,25,39H,6-16H2,1H3,(H,34,35,36)/t20-,23+,25?/m0/s1. The third kappa shape index (κ3) is 7.12. The molecule has 3 atom stereocenters. The molecule has 9 nitrogen and oxygen atoms in total. The minimum atomic E-state index is -4.42. The van der Waals surface area contributed by atoms with Crippen LogP contribution in [0.4, 0.5) is 29.2 Å². The van der Waals surface area contributed by atoms with E-state index in [4.69, 9.17) is 9.47 Å². The molecule has 42 heavy (non-hydrogen) atoms. The third-order valence-corrected chi connectivity index (χ3v) is 8.50. The Balaban J connectivity index is 1.22. The summed E-state index contributed by atoms with van der Waals surface area (Å²) in [6, 6.07) is 4.44. The molecule has 2 aliphatic heterocycles. The molecule has 2 N–H and O–H groups in total. The summed E-state index contributed by atoms with van der Waals surface area (Å²) < 4.78 is 65.1. The molecular formula is C29H37F4N5O4. The van der Waals surface area contributed by atoms with Crippen molar-refractivity contribution in [3.63, 3.8) is 0 Å². The van der Waals surface area contributed by atoms with Crippen LogP contribution in [0.5, 0.6) is 0 Å². The lowest BCUT2D eigenvalue weighted by molar-refractivity contribution is -0.153. The number of piperidine rings is 1. The van der Waals surface area contributed by atoms with Crippen molar-refractivity contribution in [1.82, 2.24) is 14.9 Å². The summed E-state index contributed by atoms with van der Waals surface area (Å²) in [6.07, 6.45) is -0.150. The lowest BCUT2D eigenvalue weighted by Crippen LogP contribution is -2.55. The second-order valence-electron chi connectivity index (χ2n) is 11.3. The summed E-state index contributed by atoms with van der Waals surface area (Å²) in [5.74, 6) is -0.964. The van der Waals surface area contributed by atoms with Gasteiger partial charge in [0.2, 0.25) is 5.82 Å². The molecule has 1 unspecified atom stereocenters. The van der Waals surface area contributed by atoms with Crippen LogP contribution in [0, 0.1) is 17.7 Å². The SMILES string of the molecule is COC(=O)C(C1CCOCC1)N1CC[C@@H](CNc2ncnc(N(Cc3ccc(C(F)(F)F)cc3)C3CC3)c2F)[C@H](O)C1. The Labute approximate surface area is 242 Å². The Morgan fingerprint density at radius 2 is 1.88 bits per heavy atom. The first-order valence-corrected chi connectivity index (χ1v) is 14.4. The van der Waals surface area contributed by atoms with E-state index in [1.54, 1.807) is 4.90 Å². The highest BCUT2D eigenvalue weighted by atomic mass is 19.4. The number of anilines is 2. The average Bonchev–Trinajstić information content (AvgIpc) is 3.82. The van der Waals surface area contributed by atoms with Crippen LogP contribution in [0.15, 0.2) is 30.6 Å². The van der Waals surface area contributed by atoms with E-state index in [0.717, 1.165) is 37.8 Å². The van der Waals surface area contributed by atoms with Gasteiger partial charge in [-0.15, -0.1) is 0 Å². The smallest absolute Gasteiger partial charge is 0.416 e. The number of nitrogens with one attached hydrogen (secondary N) is 1. The molecule has 0 bridgehead atoms. The fraction of sp³-hybridized carbons (Fsp3) is 0.621. The number of hydrogen-bond acceptors (Lipinski definition) is 9. The zero-order valence-electron chi connectivity index (χ0n) is 23.5. The maximum Gasteiger partial charge on any atom is 0.416 e. The van der Waals surface area contributed by atoms with Crippen LogP contribution in [0.25, 0.3) is 0 Å². The zero-order chi connectivity index (χ0) is 29.9. The zero-order valence-corrected chi connectivity index (χ0v) is 23.5. The van der Waals surface area contributed by atoms with Crippen molar-refractivity contribution in [3.8, 4) is 0 Å². The molecule has 2 aromatic rings. The number of aromatic nitrogens is 2. The van der Waals surface area contributed by atoms with E-state index in [0.29, 0.717) is 38.3 Å². The first kappa shape index (κ1) is 30.4. The van der Waals surface area contributed by atoms with Crippen molar-refractivity contribution in [1.29, 1.82) is 0 Å². The molecule has 1 aliphatic carbocycles. The Hall–Kier alpha value is -3.03. The van der Waals surface area contributed by atoms with Gasteiger partial charge in [0.05, 0.1) is 18.8 Å². The van der Waals surface area contributed by atoms with Crippen LogP contribution >= 0.6 is 0 Å². The van der Waals surface area contributed by atoms with Gasteiger partial charge in [-0.05, 0) is 62.3 Å². The Kier molecular flexibility index (Phi) is 9.48. The number of β-amino-alcohol motifs (C(OH)–C–C–N with tert-alkyl or cyclic N) is 1. The molecule has 13 heteroatoms. The van der Waals surface area contributed by atoms with Crippen molar-refractivity contribution in [3.05, 3.63) is 47.5 Å². The van der Waals surface area contributed by atoms with Gasteiger partial charge in [-0.1, -0.05) is 12.1 Å². The minimum Gasteiger partial charge on any atom is -0.468 e. The minimum absolute atomic E-state index is 0.00217. The number of likely N-dealkylation sites (tertiary alicyclic amines) is 1. The summed E-state index contributed by atoms with van der Waals surface area (Å²) in [4.78, 5) is 24.7. The maximum absolute atomic E-state index is 15.7. The lowest BCUT2D eigenvalue weighted by Gasteiger charge is -2.42. The van der Waals surface area contributed by atoms with E-state index in [1.807, 2.05) is 4.90 Å². The predicted molar refractivity (Wildman–Crippen MR) is 146 cm³/mol. The number of aliphatic hydroxyl groups is 1. The molecular weight excluding hydrogens is 558 g/mol. The van der Waals surface area contributed by atoms with E-state index in [2.05, 4.69) is 15.3 Å². The lowest BCUT2D eigenvalue weighted by atomic mass is 9.86. The molecule has 1 saturated carbocycles. The molecule has 2 saturated heterocycles. The summed E-state index contributed by atoms with van der Waals surface area (Å²) in [5, 5.41) is 14.0. The first-order chi connectivity index (χ1) is 20.2. The van der Waals surface area contributed by atoms with Gasteiger partial charge in [0.15, 0.2) is 11.6 Å². The molecule has 0 radical (unpaired) electrons. The number of carbonyl (C=O) groups is 1. The van der Waals surface area contributed by atoms with Crippen LogP contribution in [0.3, 0.4) is 0 Å². The monoisotopic (exact) mass is 595 g/mol. The highest BCUT2D eigenvalue weighted by Crippen LogP contribution is 2.36. The van der Waals surface area contributed by atoms with Gasteiger partial charge in [0, 0.05) is 44.8 Å². The highest BCUT2D eigenvalue weighted by Gasteiger charge is 2.40. The van der Waals surface area contributed by atoms with Gasteiger partial charge in [-0.25, -0.2) is 9.97 Å². The number of carbonyl (C=O) groups excluding carboxylic acids is 1. The van der Waals surface area contributed by atoms with E-state index in [-0.39, 0.29) is 48.6 Å². The van der Waals surface area contributed by atoms with Crippen LogP contribution in [-0.4, -0.2) is 84.1 Å². The number of methoxy groups -OCH3 is 1. The van der Waals surface area contributed by atoms with E-state index in [1.165, 1.54) is 25.6 Å². The second kappa shape index (κ2) is 13.1. The number of hydrogen-bond donors (Lipinski definition) is 2. The Bertz CT molecular complexity index is 1210. The molecule has 5 rings (SSSR count). The number of nitrogens with zero attached hydrogens (tertiary/aromatic N) is 4. The van der Waals surface area contributed by atoms with Crippen LogP contribution in [0.2, 0.25) is 0 Å². The Morgan fingerprint density at radius 3 is 2.50 bits per heavy atom. The summed E-state index contributed by atoms with van der Waals surface area (Å²) in [6.45, 7) is 2.54. The van der Waals surface area contributed by atoms with Crippen molar-refractivity contribution >= 4 is 17.6 Å². The predicted octanol–water partition coefficient (Wildman–Crippen LogP) is 3.87. The largest absolute Gasteiger partial charge is 0.468 e. The number of benzene rings is 1. The van der Waals surface area contributed by atoms with Crippen LogP contribution in [0.1, 0.15) is 43.2 Å². The fourth-order valence-electron chi connectivity index (χ4n) is 5.96. The van der Waals surface area contributed by atoms with Crippen molar-refractivity contribution < 1.29 is 36.9 Å². The quantitative estimate of drug-likeness (QED) is 0.313. The molecule has 1 aromatic heterocycles. The number of alkyl halides is 3. The van der Waals surface area contributed by atoms with Crippen molar-refractivity contribution in [2.24, 2.45) is 11.8 Å². The normalized spacial score (nSPS) is 22.9. The number of rotatable bonds is 10. The number of esters is 1. The number of halogens is 4. The molecule has 3 fully saturated rings. The molecule has 3 aliphatic rings. The summed E-state index contributed by atoms with van der Waals surface area (Å²) >= 11 is 0. The highest BCUT2D eigenvalue weighted by molar-refractivity contribution is 5.76. The molecule has 1 aromatic carbocycles. The Morgan fingerprint density at radius 1 is 1.17 bits per heavy atom. The summed E-state index contributed by atoms with van der Waals surface area (Å²) in [5.41, 5.74) is -0.121. The fourth-order valence-corrected chi connectivity index (χ4v) is 5.96. The topological polar surface area (TPSA) is 100 Å².